The van der Waals surface area contributed by atoms with Crippen molar-refractivity contribution in [3.05, 3.63) is 35.4 Å². The summed E-state index contributed by atoms with van der Waals surface area (Å²) in [5.41, 5.74) is 0.874. The first-order chi connectivity index (χ1) is 12.0. The number of ketones is 2. The molecule has 0 radical (unpaired) electrons. The van der Waals surface area contributed by atoms with Gasteiger partial charge in [-0.1, -0.05) is 58.1 Å². The van der Waals surface area contributed by atoms with Crippen LogP contribution in [0.2, 0.25) is 0 Å². The van der Waals surface area contributed by atoms with Gasteiger partial charge < -0.3 is 4.74 Å². The van der Waals surface area contributed by atoms with Crippen molar-refractivity contribution in [1.29, 1.82) is 0 Å². The molecule has 25 heavy (non-hydrogen) atoms. The summed E-state index contributed by atoms with van der Waals surface area (Å²) in [5, 5.41) is 0. The number of benzene rings is 1. The first-order valence-corrected chi connectivity index (χ1v) is 9.35. The molecule has 138 valence electrons. The summed E-state index contributed by atoms with van der Waals surface area (Å²) in [6.07, 6.45) is 7.18. The van der Waals surface area contributed by atoms with Crippen LogP contribution in [0.5, 0.6) is 0 Å². The smallest absolute Gasteiger partial charge is 0.338 e. The molecule has 0 amide bonds. The van der Waals surface area contributed by atoms with Crippen LogP contribution in [-0.2, 0) is 9.53 Å². The van der Waals surface area contributed by atoms with Gasteiger partial charge in [0.15, 0.2) is 5.78 Å². The zero-order valence-electron chi connectivity index (χ0n) is 15.7. The summed E-state index contributed by atoms with van der Waals surface area (Å²) in [7, 11) is 0. The molecular formula is C21H30O4. The number of carbonyl (C=O) groups excluding carboxylic acids is 3. The van der Waals surface area contributed by atoms with E-state index in [1.54, 1.807) is 38.1 Å². The maximum absolute atomic E-state index is 12.2. The maximum atomic E-state index is 12.2. The van der Waals surface area contributed by atoms with E-state index in [4.69, 9.17) is 4.74 Å². The summed E-state index contributed by atoms with van der Waals surface area (Å²) in [6, 6.07) is 6.34. The molecule has 0 fully saturated rings. The average molecular weight is 346 g/mol. The number of hydrogen-bond donors (Lipinski definition) is 0. The number of esters is 1. The lowest BCUT2D eigenvalue weighted by molar-refractivity contribution is -0.120. The molecule has 0 aliphatic heterocycles. The fourth-order valence-electron chi connectivity index (χ4n) is 2.60. The van der Waals surface area contributed by atoms with E-state index in [-0.39, 0.29) is 17.5 Å². The van der Waals surface area contributed by atoms with Crippen molar-refractivity contribution in [1.82, 2.24) is 0 Å². The molecule has 0 aliphatic carbocycles. The average Bonchev–Trinajstić information content (AvgIpc) is 2.65. The SMILES string of the molecule is CCCCCCCCOC(=O)c1ccc(C(=O)C(C)C(=O)CC)cc1. The molecule has 1 atom stereocenters. The molecule has 0 saturated carbocycles. The van der Waals surface area contributed by atoms with Gasteiger partial charge in [0.1, 0.15) is 5.78 Å². The number of unbranched alkanes of at least 4 members (excludes halogenated alkanes) is 5. The van der Waals surface area contributed by atoms with Crippen molar-refractivity contribution in [3.8, 4) is 0 Å². The molecule has 0 aromatic heterocycles. The van der Waals surface area contributed by atoms with Crippen molar-refractivity contribution in [2.75, 3.05) is 6.61 Å². The fraction of sp³-hybridized carbons (Fsp3) is 0.571. The normalized spacial score (nSPS) is 11.8. The maximum Gasteiger partial charge on any atom is 0.338 e. The highest BCUT2D eigenvalue weighted by atomic mass is 16.5. The quantitative estimate of drug-likeness (QED) is 0.231. The van der Waals surface area contributed by atoms with Gasteiger partial charge in [0.25, 0.3) is 0 Å². The van der Waals surface area contributed by atoms with Gasteiger partial charge in [-0.3, -0.25) is 9.59 Å². The Morgan fingerprint density at radius 3 is 2.04 bits per heavy atom. The third-order valence-corrected chi connectivity index (χ3v) is 4.36. The number of hydrogen-bond acceptors (Lipinski definition) is 4. The van der Waals surface area contributed by atoms with E-state index in [1.807, 2.05) is 0 Å². The summed E-state index contributed by atoms with van der Waals surface area (Å²) in [5.74, 6) is -1.30. The van der Waals surface area contributed by atoms with Crippen LogP contribution >= 0.6 is 0 Å². The second-order valence-electron chi connectivity index (χ2n) is 6.39. The zero-order valence-corrected chi connectivity index (χ0v) is 15.7. The van der Waals surface area contributed by atoms with E-state index < -0.39 is 5.92 Å². The standard InChI is InChI=1S/C21H30O4/c1-4-6-7-8-9-10-15-25-21(24)18-13-11-17(12-14-18)20(23)16(3)19(22)5-2/h11-14,16H,4-10,15H2,1-3H3. The number of carbonyl (C=O) groups is 3. The summed E-state index contributed by atoms with van der Waals surface area (Å²) in [6.45, 7) is 5.97. The lowest BCUT2D eigenvalue weighted by Gasteiger charge is -2.09. The molecule has 1 rings (SSSR count). The van der Waals surface area contributed by atoms with Gasteiger partial charge in [-0.25, -0.2) is 4.79 Å². The minimum absolute atomic E-state index is 0.0765. The second-order valence-corrected chi connectivity index (χ2v) is 6.39. The van der Waals surface area contributed by atoms with Crippen LogP contribution in [0.15, 0.2) is 24.3 Å². The van der Waals surface area contributed by atoms with E-state index in [9.17, 15) is 14.4 Å². The lowest BCUT2D eigenvalue weighted by Crippen LogP contribution is -2.20. The van der Waals surface area contributed by atoms with Gasteiger partial charge in [0.05, 0.1) is 18.1 Å². The molecule has 1 aromatic rings. The van der Waals surface area contributed by atoms with E-state index in [1.165, 1.54) is 25.7 Å². The molecule has 4 heteroatoms. The molecule has 0 heterocycles. The Kier molecular flexibility index (Phi) is 9.75. The van der Waals surface area contributed by atoms with Crippen LogP contribution in [-0.4, -0.2) is 24.1 Å². The molecule has 0 N–H and O–H groups in total. The Labute approximate surface area is 151 Å². The minimum Gasteiger partial charge on any atom is -0.462 e. The third-order valence-electron chi connectivity index (χ3n) is 4.36. The Morgan fingerprint density at radius 2 is 1.44 bits per heavy atom. The van der Waals surface area contributed by atoms with E-state index in [0.29, 0.717) is 24.2 Å². The third kappa shape index (κ3) is 7.20. The molecule has 0 aliphatic rings. The Hall–Kier alpha value is -1.97. The predicted octanol–water partition coefficient (Wildman–Crippen LogP) is 5.00. The van der Waals surface area contributed by atoms with Crippen molar-refractivity contribution >= 4 is 17.5 Å². The van der Waals surface area contributed by atoms with Gasteiger partial charge >= 0.3 is 5.97 Å². The summed E-state index contributed by atoms with van der Waals surface area (Å²) in [4.78, 5) is 35.8. The van der Waals surface area contributed by atoms with Crippen LogP contribution in [0.3, 0.4) is 0 Å². The van der Waals surface area contributed by atoms with Crippen molar-refractivity contribution in [3.63, 3.8) is 0 Å². The molecule has 4 nitrogen and oxygen atoms in total. The Balaban J connectivity index is 2.43. The molecular weight excluding hydrogens is 316 g/mol. The minimum atomic E-state index is -0.643. The molecule has 0 bridgehead atoms. The first-order valence-electron chi connectivity index (χ1n) is 9.35. The highest BCUT2D eigenvalue weighted by molar-refractivity contribution is 6.10. The van der Waals surface area contributed by atoms with Crippen LogP contribution < -0.4 is 0 Å². The van der Waals surface area contributed by atoms with Gasteiger partial charge in [-0.15, -0.1) is 0 Å². The zero-order chi connectivity index (χ0) is 18.7. The molecule has 1 aromatic carbocycles. The number of Topliss-reactive ketones (excluding diaryl/α,β-unsaturated/α-hetero) is 2. The van der Waals surface area contributed by atoms with Crippen molar-refractivity contribution in [2.45, 2.75) is 65.7 Å². The topological polar surface area (TPSA) is 60.4 Å². The number of ether oxygens (including phenoxy) is 1. The largest absolute Gasteiger partial charge is 0.462 e. The lowest BCUT2D eigenvalue weighted by atomic mass is 9.94. The van der Waals surface area contributed by atoms with Crippen molar-refractivity contribution < 1.29 is 19.1 Å². The summed E-state index contributed by atoms with van der Waals surface area (Å²) < 4.78 is 5.26. The van der Waals surface area contributed by atoms with Gasteiger partial charge in [-0.05, 0) is 25.5 Å². The van der Waals surface area contributed by atoms with Crippen LogP contribution in [0, 0.1) is 5.92 Å². The van der Waals surface area contributed by atoms with E-state index in [2.05, 4.69) is 6.92 Å². The Morgan fingerprint density at radius 1 is 0.880 bits per heavy atom. The fourth-order valence-corrected chi connectivity index (χ4v) is 2.60. The van der Waals surface area contributed by atoms with Crippen LogP contribution in [0.4, 0.5) is 0 Å². The van der Waals surface area contributed by atoms with Gasteiger partial charge in [-0.2, -0.15) is 0 Å². The van der Waals surface area contributed by atoms with E-state index >= 15 is 0 Å². The molecule has 0 saturated heterocycles. The highest BCUT2D eigenvalue weighted by Gasteiger charge is 2.21. The summed E-state index contributed by atoms with van der Waals surface area (Å²) >= 11 is 0. The second kappa shape index (κ2) is 11.6. The van der Waals surface area contributed by atoms with Gasteiger partial charge in [0, 0.05) is 12.0 Å². The van der Waals surface area contributed by atoms with Gasteiger partial charge in [0.2, 0.25) is 0 Å². The Bertz CT molecular complexity index is 560. The number of rotatable bonds is 12. The highest BCUT2D eigenvalue weighted by Crippen LogP contribution is 2.13. The van der Waals surface area contributed by atoms with Crippen LogP contribution in [0.25, 0.3) is 0 Å². The van der Waals surface area contributed by atoms with Crippen LogP contribution in [0.1, 0.15) is 86.4 Å². The first kappa shape index (κ1) is 21.1. The molecule has 1 unspecified atom stereocenters. The van der Waals surface area contributed by atoms with Crippen molar-refractivity contribution in [2.24, 2.45) is 5.92 Å². The molecule has 0 spiro atoms. The van der Waals surface area contributed by atoms with E-state index in [0.717, 1.165) is 12.8 Å². The predicted molar refractivity (Wildman–Crippen MR) is 98.9 cm³/mol. The monoisotopic (exact) mass is 346 g/mol.